The Morgan fingerprint density at radius 3 is 2.89 bits per heavy atom. The maximum absolute atomic E-state index is 13.4. The van der Waals surface area contributed by atoms with Crippen LogP contribution in [0, 0.1) is 5.82 Å². The molecule has 1 saturated heterocycles. The number of hydrogen-bond donors (Lipinski definition) is 2. The minimum absolute atomic E-state index is 0.194. The third-order valence-electron chi connectivity index (χ3n) is 3.10. The monoisotopic (exact) mass is 315 g/mol. The van der Waals surface area contributed by atoms with E-state index in [0.29, 0.717) is 5.69 Å². The van der Waals surface area contributed by atoms with Crippen molar-refractivity contribution in [2.75, 3.05) is 44.6 Å². The first-order valence-corrected chi connectivity index (χ1v) is 7.17. The lowest BCUT2D eigenvalue weighted by molar-refractivity contribution is 0.240. The second-order valence-electron chi connectivity index (χ2n) is 4.50. The van der Waals surface area contributed by atoms with Crippen LogP contribution >= 0.6 is 15.9 Å². The second kappa shape index (κ2) is 7.07. The fourth-order valence-corrected chi connectivity index (χ4v) is 2.45. The van der Waals surface area contributed by atoms with Crippen molar-refractivity contribution < 1.29 is 4.39 Å². The summed E-state index contributed by atoms with van der Waals surface area (Å²) >= 11 is 3.35. The molecule has 0 amide bonds. The van der Waals surface area contributed by atoms with Crippen LogP contribution in [-0.4, -0.2) is 44.2 Å². The molecule has 0 aliphatic carbocycles. The molecule has 100 valence electrons. The van der Waals surface area contributed by atoms with Crippen molar-refractivity contribution in [1.82, 2.24) is 10.2 Å². The summed E-state index contributed by atoms with van der Waals surface area (Å²) in [6.45, 7) is 6.26. The first-order valence-electron chi connectivity index (χ1n) is 6.38. The highest BCUT2D eigenvalue weighted by molar-refractivity contribution is 9.10. The lowest BCUT2D eigenvalue weighted by Gasteiger charge is -2.27. The van der Waals surface area contributed by atoms with Gasteiger partial charge in [-0.2, -0.15) is 0 Å². The Balaban J connectivity index is 1.69. The Morgan fingerprint density at radius 2 is 2.11 bits per heavy atom. The van der Waals surface area contributed by atoms with Crippen molar-refractivity contribution in [3.63, 3.8) is 0 Å². The lowest BCUT2D eigenvalue weighted by Crippen LogP contribution is -2.44. The van der Waals surface area contributed by atoms with E-state index in [-0.39, 0.29) is 5.82 Å². The molecule has 1 aliphatic rings. The van der Waals surface area contributed by atoms with Gasteiger partial charge in [0.1, 0.15) is 5.82 Å². The molecule has 0 atom stereocenters. The quantitative estimate of drug-likeness (QED) is 0.816. The van der Waals surface area contributed by atoms with Crippen molar-refractivity contribution in [3.8, 4) is 0 Å². The van der Waals surface area contributed by atoms with E-state index in [9.17, 15) is 4.39 Å². The molecule has 2 rings (SSSR count). The first-order chi connectivity index (χ1) is 8.75. The van der Waals surface area contributed by atoms with Gasteiger partial charge in [0, 0.05) is 37.2 Å². The Bertz CT molecular complexity index is 380. The van der Waals surface area contributed by atoms with Crippen molar-refractivity contribution in [2.45, 2.75) is 6.42 Å². The van der Waals surface area contributed by atoms with Crippen LogP contribution in [0.15, 0.2) is 22.7 Å². The number of benzene rings is 1. The molecule has 0 spiro atoms. The van der Waals surface area contributed by atoms with Gasteiger partial charge >= 0.3 is 0 Å². The van der Waals surface area contributed by atoms with Crippen LogP contribution in [0.2, 0.25) is 0 Å². The van der Waals surface area contributed by atoms with E-state index in [1.54, 1.807) is 12.1 Å². The molecule has 3 nitrogen and oxygen atoms in total. The maximum atomic E-state index is 13.4. The molecule has 0 bridgehead atoms. The van der Waals surface area contributed by atoms with Gasteiger partial charge in [-0.25, -0.2) is 4.39 Å². The largest absolute Gasteiger partial charge is 0.383 e. The minimum atomic E-state index is -0.194. The highest BCUT2D eigenvalue weighted by atomic mass is 79.9. The number of halogens is 2. The predicted octanol–water partition coefficient (Wildman–Crippen LogP) is 2.30. The van der Waals surface area contributed by atoms with E-state index < -0.39 is 0 Å². The predicted molar refractivity (Wildman–Crippen MR) is 76.5 cm³/mol. The number of anilines is 1. The molecule has 0 unspecified atom stereocenters. The van der Waals surface area contributed by atoms with Gasteiger partial charge in [-0.1, -0.05) is 15.9 Å². The van der Waals surface area contributed by atoms with E-state index in [2.05, 4.69) is 31.5 Å². The van der Waals surface area contributed by atoms with Gasteiger partial charge in [0.2, 0.25) is 0 Å². The number of nitrogens with zero attached hydrogens (tertiary/aromatic N) is 1. The molecule has 0 radical (unpaired) electrons. The average Bonchev–Trinajstić information content (AvgIpc) is 2.40. The molecule has 1 heterocycles. The van der Waals surface area contributed by atoms with Crippen LogP contribution in [0.25, 0.3) is 0 Å². The van der Waals surface area contributed by atoms with Crippen molar-refractivity contribution in [3.05, 3.63) is 28.5 Å². The zero-order valence-corrected chi connectivity index (χ0v) is 12.0. The standard InChI is InChI=1S/C13H19BrFN3/c14-11-2-3-12(15)13(10-11)17-4-1-7-18-8-5-16-6-9-18/h2-3,10,16-17H,1,4-9H2. The van der Waals surface area contributed by atoms with Gasteiger partial charge in [-0.3, -0.25) is 0 Å². The maximum Gasteiger partial charge on any atom is 0.146 e. The molecule has 1 fully saturated rings. The first kappa shape index (κ1) is 13.8. The van der Waals surface area contributed by atoms with E-state index in [1.807, 2.05) is 0 Å². The average molecular weight is 316 g/mol. The van der Waals surface area contributed by atoms with Gasteiger partial charge in [-0.15, -0.1) is 0 Å². The molecular weight excluding hydrogens is 297 g/mol. The lowest BCUT2D eigenvalue weighted by atomic mass is 10.3. The molecule has 0 aromatic heterocycles. The van der Waals surface area contributed by atoms with Gasteiger partial charge in [0.25, 0.3) is 0 Å². The summed E-state index contributed by atoms with van der Waals surface area (Å²) in [5.74, 6) is -0.194. The van der Waals surface area contributed by atoms with E-state index in [4.69, 9.17) is 0 Å². The molecule has 18 heavy (non-hydrogen) atoms. The Hall–Kier alpha value is -0.650. The van der Waals surface area contributed by atoms with Crippen LogP contribution in [-0.2, 0) is 0 Å². The molecule has 2 N–H and O–H groups in total. The van der Waals surface area contributed by atoms with E-state index in [0.717, 1.165) is 50.2 Å². The number of hydrogen-bond acceptors (Lipinski definition) is 3. The summed E-state index contributed by atoms with van der Waals surface area (Å²) < 4.78 is 14.3. The second-order valence-corrected chi connectivity index (χ2v) is 5.41. The van der Waals surface area contributed by atoms with Gasteiger partial charge in [0.05, 0.1) is 5.69 Å². The highest BCUT2D eigenvalue weighted by Gasteiger charge is 2.08. The smallest absolute Gasteiger partial charge is 0.146 e. The molecular formula is C13H19BrFN3. The molecule has 0 saturated carbocycles. The summed E-state index contributed by atoms with van der Waals surface area (Å²) in [6, 6.07) is 4.96. The summed E-state index contributed by atoms with van der Waals surface area (Å²) in [5.41, 5.74) is 0.574. The number of rotatable bonds is 5. The Labute approximate surface area is 116 Å². The SMILES string of the molecule is Fc1ccc(Br)cc1NCCCN1CCNCC1. The van der Waals surface area contributed by atoms with Crippen LogP contribution in [0.5, 0.6) is 0 Å². The highest BCUT2D eigenvalue weighted by Crippen LogP contribution is 2.19. The Morgan fingerprint density at radius 1 is 1.33 bits per heavy atom. The zero-order chi connectivity index (χ0) is 12.8. The van der Waals surface area contributed by atoms with Crippen molar-refractivity contribution in [2.24, 2.45) is 0 Å². The summed E-state index contributed by atoms with van der Waals surface area (Å²) in [5, 5.41) is 6.48. The van der Waals surface area contributed by atoms with Gasteiger partial charge in [0.15, 0.2) is 0 Å². The molecule has 5 heteroatoms. The normalized spacial score (nSPS) is 16.8. The van der Waals surface area contributed by atoms with Crippen LogP contribution in [0.4, 0.5) is 10.1 Å². The van der Waals surface area contributed by atoms with Gasteiger partial charge in [-0.05, 0) is 31.2 Å². The Kier molecular flexibility index (Phi) is 5.41. The van der Waals surface area contributed by atoms with Crippen molar-refractivity contribution in [1.29, 1.82) is 0 Å². The molecule has 1 aliphatic heterocycles. The minimum Gasteiger partial charge on any atom is -0.383 e. The summed E-state index contributed by atoms with van der Waals surface area (Å²) in [6.07, 6.45) is 1.03. The number of nitrogens with one attached hydrogen (secondary N) is 2. The molecule has 1 aromatic carbocycles. The van der Waals surface area contributed by atoms with Crippen LogP contribution in [0.1, 0.15) is 6.42 Å². The van der Waals surface area contributed by atoms with Gasteiger partial charge < -0.3 is 15.5 Å². The summed E-state index contributed by atoms with van der Waals surface area (Å²) in [7, 11) is 0. The van der Waals surface area contributed by atoms with Crippen LogP contribution < -0.4 is 10.6 Å². The fourth-order valence-electron chi connectivity index (χ4n) is 2.09. The molecule has 1 aromatic rings. The zero-order valence-electron chi connectivity index (χ0n) is 10.4. The third-order valence-corrected chi connectivity index (χ3v) is 3.60. The fraction of sp³-hybridized carbons (Fsp3) is 0.538. The van der Waals surface area contributed by atoms with E-state index in [1.165, 1.54) is 6.07 Å². The third kappa shape index (κ3) is 4.23. The summed E-state index contributed by atoms with van der Waals surface area (Å²) in [4.78, 5) is 2.44. The number of piperazine rings is 1. The van der Waals surface area contributed by atoms with Crippen molar-refractivity contribution >= 4 is 21.6 Å². The van der Waals surface area contributed by atoms with Crippen LogP contribution in [0.3, 0.4) is 0 Å². The van der Waals surface area contributed by atoms with E-state index >= 15 is 0 Å². The topological polar surface area (TPSA) is 27.3 Å².